The molecule has 1 aliphatic rings. The zero-order valence-corrected chi connectivity index (χ0v) is 19.2. The minimum absolute atomic E-state index is 0.790. The minimum atomic E-state index is 0.790. The highest BCUT2D eigenvalue weighted by atomic mass is 35.5. The summed E-state index contributed by atoms with van der Waals surface area (Å²) in [6.45, 7) is 5.11. The second-order valence-corrected chi connectivity index (χ2v) is 9.16. The van der Waals surface area contributed by atoms with Crippen molar-refractivity contribution in [3.63, 3.8) is 0 Å². The first-order chi connectivity index (χ1) is 16.2. The van der Waals surface area contributed by atoms with Crippen molar-refractivity contribution in [2.24, 2.45) is 0 Å². The van der Waals surface area contributed by atoms with Crippen molar-refractivity contribution >= 4 is 33.8 Å². The molecule has 5 aromatic rings. The van der Waals surface area contributed by atoms with E-state index in [2.05, 4.69) is 98.2 Å². The van der Waals surface area contributed by atoms with Crippen LogP contribution in [-0.2, 0) is 6.54 Å². The highest BCUT2D eigenvalue weighted by molar-refractivity contribution is 6.30. The third kappa shape index (κ3) is 3.97. The SMILES string of the molecule is Clc1ccc(N2CCN(Cc3cc4c(-c5ccccc5)[nH+]c5ccccc5n4c3)CC2)cc1. The van der Waals surface area contributed by atoms with Crippen molar-refractivity contribution in [2.75, 3.05) is 31.1 Å². The van der Waals surface area contributed by atoms with Gasteiger partial charge in [-0.05, 0) is 54.1 Å². The monoisotopic (exact) mass is 453 g/mol. The lowest BCUT2D eigenvalue weighted by atomic mass is 10.1. The van der Waals surface area contributed by atoms with Gasteiger partial charge in [-0.3, -0.25) is 4.90 Å². The Morgan fingerprint density at radius 2 is 1.48 bits per heavy atom. The standard InChI is InChI=1S/C28H25ClN4/c29-23-10-12-24(13-11-23)32-16-14-31(15-17-32)19-21-18-27-28(22-6-2-1-3-7-22)30-25-8-4-5-9-26(25)33(27)20-21/h1-13,18,20H,14-17,19H2/p+1. The molecular weight excluding hydrogens is 428 g/mol. The number of aromatic nitrogens is 2. The Morgan fingerprint density at radius 1 is 0.758 bits per heavy atom. The van der Waals surface area contributed by atoms with Crippen molar-refractivity contribution < 1.29 is 4.98 Å². The number of piperazine rings is 1. The molecule has 164 valence electrons. The van der Waals surface area contributed by atoms with Gasteiger partial charge in [0, 0.05) is 61.3 Å². The third-order valence-corrected chi connectivity index (χ3v) is 6.84. The number of benzene rings is 3. The van der Waals surface area contributed by atoms with Gasteiger partial charge in [0.05, 0.1) is 0 Å². The summed E-state index contributed by atoms with van der Waals surface area (Å²) in [5.74, 6) is 0. The van der Waals surface area contributed by atoms with Crippen LogP contribution < -0.4 is 9.88 Å². The van der Waals surface area contributed by atoms with Gasteiger partial charge < -0.3 is 9.30 Å². The smallest absolute Gasteiger partial charge is 0.235 e. The Bertz CT molecular complexity index is 1400. The van der Waals surface area contributed by atoms with Crippen molar-refractivity contribution in [1.82, 2.24) is 9.30 Å². The molecule has 0 bridgehead atoms. The first-order valence-corrected chi connectivity index (χ1v) is 11.9. The number of anilines is 1. The molecule has 0 spiro atoms. The topological polar surface area (TPSA) is 25.0 Å². The van der Waals surface area contributed by atoms with Crippen LogP contribution in [-0.4, -0.2) is 35.5 Å². The molecule has 0 unspecified atom stereocenters. The molecule has 3 aromatic carbocycles. The number of aromatic amines is 1. The van der Waals surface area contributed by atoms with Crippen molar-refractivity contribution in [1.29, 1.82) is 0 Å². The predicted molar refractivity (Wildman–Crippen MR) is 136 cm³/mol. The second kappa shape index (κ2) is 8.54. The van der Waals surface area contributed by atoms with E-state index < -0.39 is 0 Å². The van der Waals surface area contributed by atoms with E-state index in [-0.39, 0.29) is 0 Å². The van der Waals surface area contributed by atoms with Gasteiger partial charge in [0.1, 0.15) is 11.0 Å². The zero-order valence-electron chi connectivity index (χ0n) is 18.4. The number of rotatable bonds is 4. The fraction of sp³-hybridized carbons (Fsp3) is 0.179. The molecule has 0 aliphatic carbocycles. The number of fused-ring (bicyclic) bond motifs is 3. The summed E-state index contributed by atoms with van der Waals surface area (Å²) in [5.41, 5.74) is 8.52. The van der Waals surface area contributed by atoms with Crippen LogP contribution in [0.4, 0.5) is 5.69 Å². The van der Waals surface area contributed by atoms with Crippen LogP contribution in [0.25, 0.3) is 27.8 Å². The zero-order chi connectivity index (χ0) is 22.2. The third-order valence-electron chi connectivity index (χ3n) is 6.59. The summed E-state index contributed by atoms with van der Waals surface area (Å²) in [6.07, 6.45) is 2.31. The molecule has 1 aliphatic heterocycles. The Balaban J connectivity index is 1.28. The number of H-pyrrole nitrogens is 1. The summed E-state index contributed by atoms with van der Waals surface area (Å²) >= 11 is 6.05. The van der Waals surface area contributed by atoms with E-state index in [4.69, 9.17) is 11.6 Å². The number of nitrogens with zero attached hydrogens (tertiary/aromatic N) is 3. The van der Waals surface area contributed by atoms with Gasteiger partial charge in [-0.1, -0.05) is 41.9 Å². The fourth-order valence-corrected chi connectivity index (χ4v) is 5.01. The number of hydrogen-bond donors (Lipinski definition) is 0. The Kier molecular flexibility index (Phi) is 5.25. The molecule has 2 aromatic heterocycles. The van der Waals surface area contributed by atoms with E-state index in [1.165, 1.54) is 27.8 Å². The number of para-hydroxylation sites is 2. The Morgan fingerprint density at radius 3 is 2.27 bits per heavy atom. The molecule has 0 radical (unpaired) electrons. The molecular formula is C28H26ClN4+. The Labute approximate surface area is 198 Å². The van der Waals surface area contributed by atoms with Gasteiger partial charge in [-0.25, -0.2) is 4.98 Å². The van der Waals surface area contributed by atoms with Crippen LogP contribution in [0.1, 0.15) is 5.56 Å². The predicted octanol–water partition coefficient (Wildman–Crippen LogP) is 5.55. The van der Waals surface area contributed by atoms with Crippen LogP contribution in [0, 0.1) is 0 Å². The van der Waals surface area contributed by atoms with E-state index >= 15 is 0 Å². The maximum Gasteiger partial charge on any atom is 0.235 e. The fourth-order valence-electron chi connectivity index (χ4n) is 4.88. The summed E-state index contributed by atoms with van der Waals surface area (Å²) in [5, 5.41) is 0.790. The molecule has 5 heteroatoms. The van der Waals surface area contributed by atoms with Crippen LogP contribution >= 0.6 is 11.6 Å². The molecule has 0 atom stereocenters. The molecule has 1 fully saturated rings. The summed E-state index contributed by atoms with van der Waals surface area (Å²) in [4.78, 5) is 8.67. The first-order valence-electron chi connectivity index (χ1n) is 11.5. The largest absolute Gasteiger partial charge is 0.369 e. The molecule has 6 rings (SSSR count). The minimum Gasteiger partial charge on any atom is -0.369 e. The van der Waals surface area contributed by atoms with Crippen LogP contribution in [0.2, 0.25) is 5.02 Å². The lowest BCUT2D eigenvalue weighted by Crippen LogP contribution is -2.45. The maximum absolute atomic E-state index is 6.05. The Hall–Kier alpha value is -3.34. The molecule has 1 saturated heterocycles. The first kappa shape index (κ1) is 20.3. The van der Waals surface area contributed by atoms with Gasteiger partial charge in [0.15, 0.2) is 0 Å². The number of hydrogen-bond acceptors (Lipinski definition) is 2. The van der Waals surface area contributed by atoms with Crippen molar-refractivity contribution in [3.8, 4) is 11.3 Å². The second-order valence-electron chi connectivity index (χ2n) is 8.73. The van der Waals surface area contributed by atoms with Crippen LogP contribution in [0.15, 0.2) is 91.1 Å². The molecule has 3 heterocycles. The van der Waals surface area contributed by atoms with Crippen molar-refractivity contribution in [3.05, 3.63) is 102 Å². The van der Waals surface area contributed by atoms with Gasteiger partial charge >= 0.3 is 0 Å². The average Bonchev–Trinajstić information content (AvgIpc) is 3.29. The molecule has 0 amide bonds. The normalized spacial score (nSPS) is 14.9. The lowest BCUT2D eigenvalue weighted by Gasteiger charge is -2.36. The number of halogens is 1. The lowest BCUT2D eigenvalue weighted by molar-refractivity contribution is -0.330. The summed E-state index contributed by atoms with van der Waals surface area (Å²) < 4.78 is 2.34. The van der Waals surface area contributed by atoms with E-state index in [1.807, 2.05) is 12.1 Å². The van der Waals surface area contributed by atoms with Gasteiger partial charge in [0.25, 0.3) is 0 Å². The van der Waals surface area contributed by atoms with Crippen LogP contribution in [0.5, 0.6) is 0 Å². The van der Waals surface area contributed by atoms with Crippen LogP contribution in [0.3, 0.4) is 0 Å². The van der Waals surface area contributed by atoms with E-state index in [9.17, 15) is 0 Å². The molecule has 4 nitrogen and oxygen atoms in total. The van der Waals surface area contributed by atoms with Gasteiger partial charge in [-0.15, -0.1) is 0 Å². The highest BCUT2D eigenvalue weighted by Gasteiger charge is 2.21. The highest BCUT2D eigenvalue weighted by Crippen LogP contribution is 2.27. The maximum atomic E-state index is 6.05. The molecule has 1 N–H and O–H groups in total. The molecule has 0 saturated carbocycles. The quantitative estimate of drug-likeness (QED) is 0.356. The van der Waals surface area contributed by atoms with E-state index in [1.54, 1.807) is 0 Å². The van der Waals surface area contributed by atoms with Gasteiger partial charge in [-0.2, -0.15) is 0 Å². The average molecular weight is 454 g/mol. The summed E-state index contributed by atoms with van der Waals surface area (Å²) in [6, 6.07) is 29.6. The molecule has 33 heavy (non-hydrogen) atoms. The summed E-state index contributed by atoms with van der Waals surface area (Å²) in [7, 11) is 0. The van der Waals surface area contributed by atoms with E-state index in [0.29, 0.717) is 0 Å². The van der Waals surface area contributed by atoms with E-state index in [0.717, 1.165) is 49.0 Å². The number of nitrogens with one attached hydrogen (secondary N) is 1. The van der Waals surface area contributed by atoms with Gasteiger partial charge in [0.2, 0.25) is 11.2 Å². The van der Waals surface area contributed by atoms with Crippen molar-refractivity contribution in [2.45, 2.75) is 6.54 Å².